The van der Waals surface area contributed by atoms with Crippen LogP contribution in [-0.4, -0.2) is 24.7 Å². The highest BCUT2D eigenvalue weighted by atomic mass is 16.5. The minimum absolute atomic E-state index is 0.150. The van der Waals surface area contributed by atoms with Gasteiger partial charge in [-0.25, -0.2) is 0 Å². The van der Waals surface area contributed by atoms with Crippen molar-refractivity contribution < 1.29 is 9.53 Å². The molecule has 1 aliphatic heterocycles. The number of carbonyl (C=O) groups excluding carboxylic acids is 1. The van der Waals surface area contributed by atoms with Crippen molar-refractivity contribution in [3.63, 3.8) is 0 Å². The zero-order chi connectivity index (χ0) is 10.6. The molecule has 1 saturated heterocycles. The molecule has 1 fully saturated rings. The molecule has 78 valence electrons. The van der Waals surface area contributed by atoms with Gasteiger partial charge >= 0.3 is 0 Å². The van der Waals surface area contributed by atoms with Crippen LogP contribution >= 0.6 is 0 Å². The Morgan fingerprint density at radius 1 is 1.79 bits per heavy atom. The van der Waals surface area contributed by atoms with Crippen molar-refractivity contribution in [2.75, 3.05) is 6.61 Å². The molecule has 1 amide bonds. The summed E-state index contributed by atoms with van der Waals surface area (Å²) in [6.45, 7) is 4.50. The number of carbonyl (C=O) groups is 1. The molecule has 1 rings (SSSR count). The highest BCUT2D eigenvalue weighted by Crippen LogP contribution is 2.20. The number of nitrogens with zero attached hydrogens (tertiary/aromatic N) is 1. The first-order chi connectivity index (χ1) is 6.69. The Balaban J connectivity index is 2.45. The molecule has 0 aromatic carbocycles. The highest BCUT2D eigenvalue weighted by molar-refractivity contribution is 5.81. The maximum absolute atomic E-state index is 11.6. The number of ether oxygens (including phenoxy) is 1. The van der Waals surface area contributed by atoms with Gasteiger partial charge < -0.3 is 10.1 Å². The molecule has 1 N–H and O–H groups in total. The summed E-state index contributed by atoms with van der Waals surface area (Å²) in [5.74, 6) is 0.106. The fourth-order valence-electron chi connectivity index (χ4n) is 1.51. The van der Waals surface area contributed by atoms with Crippen molar-refractivity contribution in [1.29, 1.82) is 5.26 Å². The van der Waals surface area contributed by atoms with Crippen LogP contribution in [0.1, 0.15) is 26.7 Å². The minimum Gasteiger partial charge on any atom is -0.368 e. The van der Waals surface area contributed by atoms with Crippen LogP contribution in [-0.2, 0) is 9.53 Å². The van der Waals surface area contributed by atoms with E-state index in [2.05, 4.69) is 5.32 Å². The summed E-state index contributed by atoms with van der Waals surface area (Å²) >= 11 is 0. The SMILES string of the molecule is CCC(C#N)NC(=O)C1OCCC1C. The van der Waals surface area contributed by atoms with Gasteiger partial charge in [0.1, 0.15) is 12.1 Å². The Hall–Kier alpha value is -1.08. The molecular formula is C10H16N2O2. The van der Waals surface area contributed by atoms with E-state index in [0.717, 1.165) is 6.42 Å². The second-order valence-electron chi connectivity index (χ2n) is 3.66. The number of hydrogen-bond acceptors (Lipinski definition) is 3. The van der Waals surface area contributed by atoms with Gasteiger partial charge in [-0.3, -0.25) is 4.79 Å². The molecule has 0 spiro atoms. The van der Waals surface area contributed by atoms with E-state index in [4.69, 9.17) is 10.00 Å². The molecule has 0 aliphatic carbocycles. The quantitative estimate of drug-likeness (QED) is 0.727. The summed E-state index contributed by atoms with van der Waals surface area (Å²) in [6, 6.07) is 1.64. The lowest BCUT2D eigenvalue weighted by molar-refractivity contribution is -0.131. The Labute approximate surface area is 84.2 Å². The normalized spacial score (nSPS) is 28.1. The van der Waals surface area contributed by atoms with Crippen LogP contribution in [0.2, 0.25) is 0 Å². The Morgan fingerprint density at radius 2 is 2.50 bits per heavy atom. The summed E-state index contributed by atoms with van der Waals surface area (Å²) in [6.07, 6.45) is 1.18. The van der Waals surface area contributed by atoms with Crippen LogP contribution < -0.4 is 5.32 Å². The van der Waals surface area contributed by atoms with E-state index in [1.165, 1.54) is 0 Å². The van der Waals surface area contributed by atoms with Crippen LogP contribution in [0.3, 0.4) is 0 Å². The number of rotatable bonds is 3. The lowest BCUT2D eigenvalue weighted by Gasteiger charge is -2.16. The van der Waals surface area contributed by atoms with Gasteiger partial charge in [0.2, 0.25) is 5.91 Å². The highest BCUT2D eigenvalue weighted by Gasteiger charge is 2.31. The summed E-state index contributed by atoms with van der Waals surface area (Å²) in [5.41, 5.74) is 0. The monoisotopic (exact) mass is 196 g/mol. The molecule has 0 bridgehead atoms. The molecule has 4 nitrogen and oxygen atoms in total. The number of nitrogens with one attached hydrogen (secondary N) is 1. The van der Waals surface area contributed by atoms with Crippen LogP contribution in [0, 0.1) is 17.2 Å². The summed E-state index contributed by atoms with van der Waals surface area (Å²) in [4.78, 5) is 11.6. The molecule has 3 atom stereocenters. The largest absolute Gasteiger partial charge is 0.368 e. The zero-order valence-electron chi connectivity index (χ0n) is 8.62. The van der Waals surface area contributed by atoms with E-state index in [0.29, 0.717) is 13.0 Å². The van der Waals surface area contributed by atoms with Crippen molar-refractivity contribution in [2.24, 2.45) is 5.92 Å². The Kier molecular flexibility index (Phi) is 3.90. The van der Waals surface area contributed by atoms with Crippen LogP contribution in [0.5, 0.6) is 0 Å². The number of hydrogen-bond donors (Lipinski definition) is 1. The first-order valence-electron chi connectivity index (χ1n) is 5.00. The summed E-state index contributed by atoms with van der Waals surface area (Å²) < 4.78 is 5.30. The minimum atomic E-state index is -0.390. The van der Waals surface area contributed by atoms with Crippen molar-refractivity contribution in [3.8, 4) is 6.07 Å². The first kappa shape index (κ1) is 11.0. The van der Waals surface area contributed by atoms with Gasteiger partial charge in [0.15, 0.2) is 0 Å². The van der Waals surface area contributed by atoms with E-state index in [1.807, 2.05) is 19.9 Å². The summed E-state index contributed by atoms with van der Waals surface area (Å²) in [5, 5.41) is 11.3. The predicted octanol–water partition coefficient (Wildman–Crippen LogP) is 0.830. The molecule has 4 heteroatoms. The van der Waals surface area contributed by atoms with Crippen molar-refractivity contribution >= 4 is 5.91 Å². The first-order valence-corrected chi connectivity index (χ1v) is 5.00. The summed E-state index contributed by atoms with van der Waals surface area (Å²) in [7, 11) is 0. The molecule has 0 aromatic heterocycles. The average molecular weight is 196 g/mol. The zero-order valence-corrected chi connectivity index (χ0v) is 8.62. The van der Waals surface area contributed by atoms with Gasteiger partial charge in [0.25, 0.3) is 0 Å². The van der Waals surface area contributed by atoms with Crippen molar-refractivity contribution in [2.45, 2.75) is 38.8 Å². The maximum atomic E-state index is 11.6. The van der Waals surface area contributed by atoms with Gasteiger partial charge in [-0.15, -0.1) is 0 Å². The smallest absolute Gasteiger partial charge is 0.250 e. The lowest BCUT2D eigenvalue weighted by Crippen LogP contribution is -2.42. The van der Waals surface area contributed by atoms with Crippen molar-refractivity contribution in [3.05, 3.63) is 0 Å². The lowest BCUT2D eigenvalue weighted by atomic mass is 10.0. The van der Waals surface area contributed by atoms with E-state index >= 15 is 0 Å². The molecule has 1 aliphatic rings. The molecule has 0 saturated carbocycles. The van der Waals surface area contributed by atoms with Crippen LogP contribution in [0.15, 0.2) is 0 Å². The molecule has 14 heavy (non-hydrogen) atoms. The topological polar surface area (TPSA) is 62.1 Å². The Morgan fingerprint density at radius 3 is 2.93 bits per heavy atom. The van der Waals surface area contributed by atoms with Gasteiger partial charge in [-0.1, -0.05) is 13.8 Å². The molecule has 0 radical (unpaired) electrons. The van der Waals surface area contributed by atoms with Gasteiger partial charge in [0.05, 0.1) is 6.07 Å². The third-order valence-corrected chi connectivity index (χ3v) is 2.53. The number of nitriles is 1. The Bertz CT molecular complexity index is 247. The van der Waals surface area contributed by atoms with Gasteiger partial charge in [-0.05, 0) is 18.8 Å². The fourth-order valence-corrected chi connectivity index (χ4v) is 1.51. The predicted molar refractivity (Wildman–Crippen MR) is 51.4 cm³/mol. The average Bonchev–Trinajstić information content (AvgIpc) is 2.60. The number of amides is 1. The maximum Gasteiger partial charge on any atom is 0.250 e. The van der Waals surface area contributed by atoms with E-state index in [1.54, 1.807) is 0 Å². The van der Waals surface area contributed by atoms with E-state index in [9.17, 15) is 4.79 Å². The molecule has 0 aromatic rings. The van der Waals surface area contributed by atoms with Crippen LogP contribution in [0.4, 0.5) is 0 Å². The molecule has 1 heterocycles. The molecule has 3 unspecified atom stereocenters. The van der Waals surface area contributed by atoms with Crippen LogP contribution in [0.25, 0.3) is 0 Å². The second-order valence-corrected chi connectivity index (χ2v) is 3.66. The second kappa shape index (κ2) is 4.97. The third kappa shape index (κ3) is 2.46. The third-order valence-electron chi connectivity index (χ3n) is 2.53. The van der Waals surface area contributed by atoms with Crippen molar-refractivity contribution in [1.82, 2.24) is 5.32 Å². The van der Waals surface area contributed by atoms with Gasteiger partial charge in [-0.2, -0.15) is 5.26 Å². The standard InChI is InChI=1S/C10H16N2O2/c1-3-8(6-11)12-10(13)9-7(2)4-5-14-9/h7-9H,3-5H2,1-2H3,(H,12,13). The van der Waals surface area contributed by atoms with Gasteiger partial charge in [0, 0.05) is 6.61 Å². The molecular weight excluding hydrogens is 180 g/mol. The fraction of sp³-hybridized carbons (Fsp3) is 0.800. The van der Waals surface area contributed by atoms with E-state index in [-0.39, 0.29) is 24.0 Å². The van der Waals surface area contributed by atoms with E-state index < -0.39 is 0 Å².